The Morgan fingerprint density at radius 2 is 2.41 bits per heavy atom. The summed E-state index contributed by atoms with van der Waals surface area (Å²) in [5, 5.41) is 6.48. The molecule has 0 saturated carbocycles. The Bertz CT molecular complexity index is 350. The molecule has 2 rings (SSSR count). The molecular formula is C12H22N4S. The Labute approximate surface area is 108 Å². The molecule has 4 nitrogen and oxygen atoms in total. The maximum atomic E-state index is 4.68. The van der Waals surface area contributed by atoms with E-state index in [-0.39, 0.29) is 0 Å². The monoisotopic (exact) mass is 254 g/mol. The zero-order chi connectivity index (χ0) is 12.3. The van der Waals surface area contributed by atoms with Gasteiger partial charge in [0, 0.05) is 31.1 Å². The normalized spacial score (nSPS) is 21.2. The van der Waals surface area contributed by atoms with Crippen molar-refractivity contribution in [2.75, 3.05) is 39.1 Å². The smallest absolute Gasteiger partial charge is 0.185 e. The van der Waals surface area contributed by atoms with E-state index in [9.17, 15) is 0 Å². The number of hydrogen-bond acceptors (Lipinski definition) is 5. The Kier molecular flexibility index (Phi) is 4.36. The van der Waals surface area contributed by atoms with Crippen LogP contribution in [-0.4, -0.2) is 50.2 Å². The second kappa shape index (κ2) is 5.80. The molecule has 17 heavy (non-hydrogen) atoms. The van der Waals surface area contributed by atoms with Crippen LogP contribution in [-0.2, 0) is 6.54 Å². The number of nitrogens with one attached hydrogen (secondary N) is 1. The first-order valence-electron chi connectivity index (χ1n) is 6.21. The van der Waals surface area contributed by atoms with Crippen molar-refractivity contribution in [2.45, 2.75) is 25.4 Å². The molecule has 1 atom stereocenters. The van der Waals surface area contributed by atoms with Crippen LogP contribution in [0.4, 0.5) is 5.13 Å². The SMILES string of the molecule is CNCc1csc(N2CCCC(N(C)C)C2)n1. The lowest BCUT2D eigenvalue weighted by molar-refractivity contribution is 0.258. The highest BCUT2D eigenvalue weighted by Crippen LogP contribution is 2.25. The number of anilines is 1. The van der Waals surface area contributed by atoms with Crippen LogP contribution in [0.1, 0.15) is 18.5 Å². The summed E-state index contributed by atoms with van der Waals surface area (Å²) in [7, 11) is 6.30. The van der Waals surface area contributed by atoms with Gasteiger partial charge in [-0.05, 0) is 34.0 Å². The zero-order valence-corrected chi connectivity index (χ0v) is 11.8. The predicted molar refractivity (Wildman–Crippen MR) is 73.8 cm³/mol. The molecule has 5 heteroatoms. The van der Waals surface area contributed by atoms with Crippen LogP contribution >= 0.6 is 11.3 Å². The second-order valence-electron chi connectivity index (χ2n) is 4.86. The van der Waals surface area contributed by atoms with Crippen LogP contribution in [0.2, 0.25) is 0 Å². The summed E-state index contributed by atoms with van der Waals surface area (Å²) in [4.78, 5) is 9.44. The number of nitrogens with zero attached hydrogens (tertiary/aromatic N) is 3. The van der Waals surface area contributed by atoms with Gasteiger partial charge in [-0.2, -0.15) is 0 Å². The molecule has 0 radical (unpaired) electrons. The van der Waals surface area contributed by atoms with Crippen molar-refractivity contribution in [1.29, 1.82) is 0 Å². The quantitative estimate of drug-likeness (QED) is 0.880. The van der Waals surface area contributed by atoms with Gasteiger partial charge in [-0.1, -0.05) is 0 Å². The summed E-state index contributed by atoms with van der Waals surface area (Å²) >= 11 is 1.77. The summed E-state index contributed by atoms with van der Waals surface area (Å²) in [5.74, 6) is 0. The zero-order valence-electron chi connectivity index (χ0n) is 10.9. The van der Waals surface area contributed by atoms with Gasteiger partial charge in [0.2, 0.25) is 0 Å². The molecule has 1 aromatic heterocycles. The minimum Gasteiger partial charge on any atom is -0.347 e. The number of rotatable bonds is 4. The molecule has 1 aromatic rings. The van der Waals surface area contributed by atoms with Crippen LogP contribution in [0.3, 0.4) is 0 Å². The van der Waals surface area contributed by atoms with Crippen LogP contribution in [0.5, 0.6) is 0 Å². The van der Waals surface area contributed by atoms with Crippen molar-refractivity contribution in [2.24, 2.45) is 0 Å². The molecule has 0 aliphatic carbocycles. The largest absolute Gasteiger partial charge is 0.347 e. The fraction of sp³-hybridized carbons (Fsp3) is 0.750. The third-order valence-electron chi connectivity index (χ3n) is 3.29. The van der Waals surface area contributed by atoms with Crippen molar-refractivity contribution in [3.05, 3.63) is 11.1 Å². The summed E-state index contributed by atoms with van der Waals surface area (Å²) in [6, 6.07) is 0.667. The number of likely N-dealkylation sites (N-methyl/N-ethyl adjacent to an activating group) is 1. The van der Waals surface area contributed by atoms with Gasteiger partial charge in [0.05, 0.1) is 5.69 Å². The maximum Gasteiger partial charge on any atom is 0.185 e. The van der Waals surface area contributed by atoms with Gasteiger partial charge in [-0.15, -0.1) is 11.3 Å². The van der Waals surface area contributed by atoms with Gasteiger partial charge in [0.1, 0.15) is 0 Å². The second-order valence-corrected chi connectivity index (χ2v) is 5.69. The Morgan fingerprint density at radius 3 is 3.12 bits per heavy atom. The lowest BCUT2D eigenvalue weighted by Gasteiger charge is -2.35. The van der Waals surface area contributed by atoms with E-state index in [4.69, 9.17) is 0 Å². The summed E-state index contributed by atoms with van der Waals surface area (Å²) in [5.41, 5.74) is 1.15. The molecule has 1 N–H and O–H groups in total. The van der Waals surface area contributed by atoms with Crippen LogP contribution in [0, 0.1) is 0 Å². The van der Waals surface area contributed by atoms with E-state index in [1.807, 2.05) is 7.05 Å². The third-order valence-corrected chi connectivity index (χ3v) is 4.25. The fourth-order valence-corrected chi connectivity index (χ4v) is 3.12. The van der Waals surface area contributed by atoms with E-state index < -0.39 is 0 Å². The molecule has 0 aromatic carbocycles. The van der Waals surface area contributed by atoms with Gasteiger partial charge in [0.25, 0.3) is 0 Å². The first-order valence-corrected chi connectivity index (χ1v) is 7.09. The predicted octanol–water partition coefficient (Wildman–Crippen LogP) is 1.39. The van der Waals surface area contributed by atoms with E-state index in [1.54, 1.807) is 11.3 Å². The van der Waals surface area contributed by atoms with E-state index in [0.29, 0.717) is 6.04 Å². The van der Waals surface area contributed by atoms with Crippen molar-refractivity contribution < 1.29 is 0 Å². The Hall–Kier alpha value is -0.650. The molecule has 1 unspecified atom stereocenters. The van der Waals surface area contributed by atoms with Gasteiger partial charge in [0.15, 0.2) is 5.13 Å². The van der Waals surface area contributed by atoms with Crippen LogP contribution in [0.15, 0.2) is 5.38 Å². The summed E-state index contributed by atoms with van der Waals surface area (Å²) in [6.45, 7) is 3.12. The molecule has 1 saturated heterocycles. The molecule has 2 heterocycles. The molecular weight excluding hydrogens is 232 g/mol. The van der Waals surface area contributed by atoms with E-state index in [1.165, 1.54) is 18.0 Å². The number of hydrogen-bond donors (Lipinski definition) is 1. The molecule has 1 aliphatic heterocycles. The molecule has 1 aliphatic rings. The standard InChI is InChI=1S/C12H22N4S/c1-13-7-10-9-17-12(14-10)16-6-4-5-11(8-16)15(2)3/h9,11,13H,4-8H2,1-3H3. The molecule has 1 fully saturated rings. The number of thiazole rings is 1. The van der Waals surface area contributed by atoms with Gasteiger partial charge in [-0.25, -0.2) is 4.98 Å². The maximum absolute atomic E-state index is 4.68. The molecule has 0 bridgehead atoms. The number of aromatic nitrogens is 1. The highest BCUT2D eigenvalue weighted by Gasteiger charge is 2.23. The lowest BCUT2D eigenvalue weighted by Crippen LogP contribution is -2.45. The van der Waals surface area contributed by atoms with E-state index >= 15 is 0 Å². The van der Waals surface area contributed by atoms with E-state index in [2.05, 4.69) is 39.6 Å². The topological polar surface area (TPSA) is 31.4 Å². The molecule has 96 valence electrons. The van der Waals surface area contributed by atoms with Crippen molar-refractivity contribution >= 4 is 16.5 Å². The van der Waals surface area contributed by atoms with Crippen LogP contribution < -0.4 is 10.2 Å². The first-order chi connectivity index (χ1) is 8.20. The average molecular weight is 254 g/mol. The van der Waals surface area contributed by atoms with Crippen molar-refractivity contribution in [3.63, 3.8) is 0 Å². The lowest BCUT2D eigenvalue weighted by atomic mass is 10.1. The van der Waals surface area contributed by atoms with Gasteiger partial charge < -0.3 is 15.1 Å². The highest BCUT2D eigenvalue weighted by molar-refractivity contribution is 7.13. The number of piperidine rings is 1. The third kappa shape index (κ3) is 3.18. The summed E-state index contributed by atoms with van der Waals surface area (Å²) < 4.78 is 0. The Balaban J connectivity index is 2.00. The molecule has 0 amide bonds. The minimum absolute atomic E-state index is 0.667. The molecule has 0 spiro atoms. The first kappa shape index (κ1) is 12.8. The fourth-order valence-electron chi connectivity index (χ4n) is 2.25. The Morgan fingerprint density at radius 1 is 1.59 bits per heavy atom. The van der Waals surface area contributed by atoms with Crippen molar-refractivity contribution in [1.82, 2.24) is 15.2 Å². The highest BCUT2D eigenvalue weighted by atomic mass is 32.1. The van der Waals surface area contributed by atoms with Gasteiger partial charge >= 0.3 is 0 Å². The van der Waals surface area contributed by atoms with Crippen LogP contribution in [0.25, 0.3) is 0 Å². The summed E-state index contributed by atoms with van der Waals surface area (Å²) in [6.07, 6.45) is 2.57. The van der Waals surface area contributed by atoms with Crippen molar-refractivity contribution in [3.8, 4) is 0 Å². The van der Waals surface area contributed by atoms with Gasteiger partial charge in [-0.3, -0.25) is 0 Å². The average Bonchev–Trinajstić information content (AvgIpc) is 2.78. The van der Waals surface area contributed by atoms with E-state index in [0.717, 1.165) is 25.3 Å². The minimum atomic E-state index is 0.667.